The van der Waals surface area contributed by atoms with Gasteiger partial charge in [-0.1, -0.05) is 38.8 Å². The minimum atomic E-state index is 0.724. The van der Waals surface area contributed by atoms with Crippen LogP contribution in [0.4, 0.5) is 0 Å². The predicted molar refractivity (Wildman–Crippen MR) is 80.5 cm³/mol. The van der Waals surface area contributed by atoms with Crippen molar-refractivity contribution in [2.75, 3.05) is 0 Å². The highest BCUT2D eigenvalue weighted by Crippen LogP contribution is 2.59. The maximum Gasteiger partial charge on any atom is -0.00973 e. The molecule has 0 saturated heterocycles. The molecule has 0 bridgehead atoms. The summed E-state index contributed by atoms with van der Waals surface area (Å²) in [6.07, 6.45) is 2.62. The highest BCUT2D eigenvalue weighted by Gasteiger charge is 2.51. The third-order valence-corrected chi connectivity index (χ3v) is 5.80. The van der Waals surface area contributed by atoms with E-state index < -0.39 is 0 Å². The molecule has 5 unspecified atom stereocenters. The average molecular weight is 246 g/mol. The molecule has 0 amide bonds. The van der Waals surface area contributed by atoms with Crippen LogP contribution >= 0.6 is 0 Å². The van der Waals surface area contributed by atoms with Crippen LogP contribution in [-0.4, -0.2) is 0 Å². The lowest BCUT2D eigenvalue weighted by atomic mass is 9.56. The highest BCUT2D eigenvalue weighted by atomic mass is 14.6. The molecule has 102 valence electrons. The Morgan fingerprint density at radius 2 is 1.83 bits per heavy atom. The number of fused-ring (bicyclic) bond motifs is 1. The van der Waals surface area contributed by atoms with E-state index >= 15 is 0 Å². The Labute approximate surface area is 114 Å². The summed E-state index contributed by atoms with van der Waals surface area (Å²) in [4.78, 5) is 0. The smallest absolute Gasteiger partial charge is 0.00973 e. The fraction of sp³-hybridized carbons (Fsp3) is 0.778. The third-order valence-electron chi connectivity index (χ3n) is 5.80. The molecule has 5 atom stereocenters. The predicted octanol–water partition coefficient (Wildman–Crippen LogP) is 5.61. The monoisotopic (exact) mass is 246 g/mol. The van der Waals surface area contributed by atoms with Crippen molar-refractivity contribution < 1.29 is 0 Å². The Morgan fingerprint density at radius 3 is 2.33 bits per heavy atom. The summed E-state index contributed by atoms with van der Waals surface area (Å²) in [5.41, 5.74) is 6.70. The SMILES string of the molecule is CCC(C)C(=C(C)C)C1=C(C)CC2C(C)C(C)C12. The van der Waals surface area contributed by atoms with Crippen molar-refractivity contribution in [2.45, 2.75) is 61.3 Å². The summed E-state index contributed by atoms with van der Waals surface area (Å²) in [7, 11) is 0. The molecule has 0 nitrogen and oxygen atoms in total. The van der Waals surface area contributed by atoms with Crippen LogP contribution < -0.4 is 0 Å². The van der Waals surface area contributed by atoms with E-state index in [1.165, 1.54) is 12.8 Å². The fourth-order valence-electron chi connectivity index (χ4n) is 4.47. The van der Waals surface area contributed by atoms with Gasteiger partial charge in [-0.05, 0) is 74.3 Å². The molecule has 1 saturated carbocycles. The summed E-state index contributed by atoms with van der Waals surface area (Å²) >= 11 is 0. The molecule has 0 N–H and O–H groups in total. The number of rotatable bonds is 3. The van der Waals surface area contributed by atoms with Crippen molar-refractivity contribution in [3.05, 3.63) is 22.3 Å². The van der Waals surface area contributed by atoms with Gasteiger partial charge in [-0.25, -0.2) is 0 Å². The van der Waals surface area contributed by atoms with Gasteiger partial charge in [0.15, 0.2) is 0 Å². The van der Waals surface area contributed by atoms with E-state index in [-0.39, 0.29) is 0 Å². The normalized spacial score (nSPS) is 36.2. The molecule has 0 aliphatic heterocycles. The maximum absolute atomic E-state index is 2.46. The molecular formula is C18H30. The van der Waals surface area contributed by atoms with E-state index in [4.69, 9.17) is 0 Å². The largest absolute Gasteiger partial charge is 0.0727 e. The fourth-order valence-corrected chi connectivity index (χ4v) is 4.47. The standard InChI is InChI=1S/C18H30/c1-8-11(4)16(10(2)3)17-12(5)9-15-13(6)14(7)18(15)17/h11,13-15,18H,8-9H2,1-7H3. The Balaban J connectivity index is 2.38. The van der Waals surface area contributed by atoms with Gasteiger partial charge in [0.05, 0.1) is 0 Å². The van der Waals surface area contributed by atoms with Crippen LogP contribution in [0.15, 0.2) is 22.3 Å². The second kappa shape index (κ2) is 4.87. The molecule has 2 aliphatic rings. The lowest BCUT2D eigenvalue weighted by Gasteiger charge is -2.48. The quantitative estimate of drug-likeness (QED) is 0.607. The van der Waals surface area contributed by atoms with E-state index in [0.717, 1.165) is 29.6 Å². The van der Waals surface area contributed by atoms with Gasteiger partial charge in [0.25, 0.3) is 0 Å². The van der Waals surface area contributed by atoms with Crippen molar-refractivity contribution in [3.63, 3.8) is 0 Å². The average Bonchev–Trinajstić information content (AvgIpc) is 2.63. The van der Waals surface area contributed by atoms with E-state index in [1.807, 2.05) is 0 Å². The molecule has 2 rings (SSSR count). The summed E-state index contributed by atoms with van der Waals surface area (Å²) in [5.74, 6) is 4.37. The zero-order valence-corrected chi connectivity index (χ0v) is 13.3. The molecule has 1 fully saturated rings. The van der Waals surface area contributed by atoms with Crippen LogP contribution in [0.5, 0.6) is 0 Å². The first-order chi connectivity index (χ1) is 8.40. The summed E-state index contributed by atoms with van der Waals surface area (Å²) < 4.78 is 0. The van der Waals surface area contributed by atoms with E-state index in [0.29, 0.717) is 0 Å². The second-order valence-corrected chi connectivity index (χ2v) is 7.03. The zero-order chi connectivity index (χ0) is 13.6. The van der Waals surface area contributed by atoms with Gasteiger partial charge >= 0.3 is 0 Å². The van der Waals surface area contributed by atoms with Gasteiger partial charge in [0.2, 0.25) is 0 Å². The molecule has 0 aromatic rings. The minimum absolute atomic E-state index is 0.724. The Morgan fingerprint density at radius 1 is 1.22 bits per heavy atom. The molecule has 0 radical (unpaired) electrons. The number of hydrogen-bond acceptors (Lipinski definition) is 0. The molecule has 0 heterocycles. The van der Waals surface area contributed by atoms with Gasteiger partial charge in [-0.15, -0.1) is 0 Å². The van der Waals surface area contributed by atoms with Gasteiger partial charge in [0, 0.05) is 0 Å². The molecule has 0 aromatic carbocycles. The molecule has 18 heavy (non-hydrogen) atoms. The van der Waals surface area contributed by atoms with Crippen molar-refractivity contribution in [1.82, 2.24) is 0 Å². The van der Waals surface area contributed by atoms with Crippen LogP contribution in [-0.2, 0) is 0 Å². The first-order valence-electron chi connectivity index (χ1n) is 7.77. The van der Waals surface area contributed by atoms with Crippen molar-refractivity contribution in [2.24, 2.45) is 29.6 Å². The summed E-state index contributed by atoms with van der Waals surface area (Å²) in [5, 5.41) is 0. The molecule has 0 heteroatoms. The van der Waals surface area contributed by atoms with E-state index in [1.54, 1.807) is 22.3 Å². The Hall–Kier alpha value is -0.520. The number of allylic oxidation sites excluding steroid dienone is 4. The zero-order valence-electron chi connectivity index (χ0n) is 13.3. The summed E-state index contributed by atoms with van der Waals surface area (Å²) in [6.45, 7) is 16.6. The molecule has 0 aromatic heterocycles. The van der Waals surface area contributed by atoms with Gasteiger partial charge in [-0.2, -0.15) is 0 Å². The van der Waals surface area contributed by atoms with Gasteiger partial charge < -0.3 is 0 Å². The molecular weight excluding hydrogens is 216 g/mol. The lowest BCUT2D eigenvalue weighted by Crippen LogP contribution is -2.42. The van der Waals surface area contributed by atoms with Gasteiger partial charge in [-0.3, -0.25) is 0 Å². The van der Waals surface area contributed by atoms with Crippen LogP contribution in [0.25, 0.3) is 0 Å². The van der Waals surface area contributed by atoms with Gasteiger partial charge in [0.1, 0.15) is 0 Å². The van der Waals surface area contributed by atoms with Crippen molar-refractivity contribution in [1.29, 1.82) is 0 Å². The molecule has 2 aliphatic carbocycles. The lowest BCUT2D eigenvalue weighted by molar-refractivity contribution is 0.0445. The van der Waals surface area contributed by atoms with Crippen molar-refractivity contribution in [3.8, 4) is 0 Å². The third kappa shape index (κ3) is 1.89. The maximum atomic E-state index is 2.46. The van der Waals surface area contributed by atoms with Crippen LogP contribution in [0.2, 0.25) is 0 Å². The minimum Gasteiger partial charge on any atom is -0.0727 e. The van der Waals surface area contributed by atoms with Crippen LogP contribution in [0.3, 0.4) is 0 Å². The van der Waals surface area contributed by atoms with Crippen LogP contribution in [0.1, 0.15) is 61.3 Å². The first-order valence-corrected chi connectivity index (χ1v) is 7.77. The Bertz CT molecular complexity index is 392. The topological polar surface area (TPSA) is 0 Å². The first kappa shape index (κ1) is 13.9. The summed E-state index contributed by atoms with van der Waals surface area (Å²) in [6, 6.07) is 0. The van der Waals surface area contributed by atoms with E-state index in [2.05, 4.69) is 48.5 Å². The molecule has 0 spiro atoms. The van der Waals surface area contributed by atoms with E-state index in [9.17, 15) is 0 Å². The van der Waals surface area contributed by atoms with Crippen LogP contribution in [0, 0.1) is 29.6 Å². The Kier molecular flexibility index (Phi) is 3.76. The number of hydrogen-bond donors (Lipinski definition) is 0. The second-order valence-electron chi connectivity index (χ2n) is 7.03. The van der Waals surface area contributed by atoms with Crippen molar-refractivity contribution >= 4 is 0 Å². The highest BCUT2D eigenvalue weighted by molar-refractivity contribution is 5.46.